The highest BCUT2D eigenvalue weighted by Crippen LogP contribution is 2.25. The lowest BCUT2D eigenvalue weighted by Gasteiger charge is -2.36. The molecule has 0 aliphatic carbocycles. The third-order valence-corrected chi connectivity index (χ3v) is 6.19. The first kappa shape index (κ1) is 15.0. The van der Waals surface area contributed by atoms with Crippen LogP contribution in [0.2, 0.25) is 0 Å². The van der Waals surface area contributed by atoms with Crippen LogP contribution in [0.4, 0.5) is 0 Å². The monoisotopic (exact) mass is 314 g/mol. The van der Waals surface area contributed by atoms with Crippen LogP contribution in [0.25, 0.3) is 0 Å². The SMILES string of the molecule is Cc1cnn(C2CCN(S(=O)(=O)N3CCOCC3)CC2)c1. The normalized spacial score (nSPS) is 23.5. The van der Waals surface area contributed by atoms with Crippen molar-refractivity contribution < 1.29 is 13.2 Å². The Labute approximate surface area is 125 Å². The molecule has 8 heteroatoms. The highest BCUT2D eigenvalue weighted by atomic mass is 32.2. The second-order valence-electron chi connectivity index (χ2n) is 5.65. The Balaban J connectivity index is 1.62. The van der Waals surface area contributed by atoms with Crippen molar-refractivity contribution >= 4 is 10.2 Å². The zero-order chi connectivity index (χ0) is 14.9. The van der Waals surface area contributed by atoms with Gasteiger partial charge in [0, 0.05) is 32.4 Å². The number of aryl methyl sites for hydroxylation is 1. The first-order valence-corrected chi connectivity index (χ1v) is 8.81. The molecule has 2 aliphatic heterocycles. The van der Waals surface area contributed by atoms with Gasteiger partial charge in [-0.25, -0.2) is 0 Å². The molecule has 2 aliphatic rings. The van der Waals surface area contributed by atoms with Crippen molar-refractivity contribution in [3.05, 3.63) is 18.0 Å². The second kappa shape index (κ2) is 6.04. The summed E-state index contributed by atoms with van der Waals surface area (Å²) in [5.41, 5.74) is 1.14. The minimum absolute atomic E-state index is 0.301. The lowest BCUT2D eigenvalue weighted by molar-refractivity contribution is 0.0693. The lowest BCUT2D eigenvalue weighted by Crippen LogP contribution is -2.50. The van der Waals surface area contributed by atoms with Gasteiger partial charge >= 0.3 is 0 Å². The van der Waals surface area contributed by atoms with Gasteiger partial charge in [-0.1, -0.05) is 0 Å². The predicted octanol–water partition coefficient (Wildman–Crippen LogP) is 0.405. The largest absolute Gasteiger partial charge is 0.379 e. The predicted molar refractivity (Wildman–Crippen MR) is 78.1 cm³/mol. The number of piperidine rings is 1. The summed E-state index contributed by atoms with van der Waals surface area (Å²) in [5.74, 6) is 0. The van der Waals surface area contributed by atoms with E-state index in [1.165, 1.54) is 4.31 Å². The first-order valence-electron chi connectivity index (χ1n) is 7.41. The van der Waals surface area contributed by atoms with Gasteiger partial charge in [0.05, 0.1) is 25.5 Å². The molecule has 3 heterocycles. The Morgan fingerprint density at radius 1 is 1.14 bits per heavy atom. The quantitative estimate of drug-likeness (QED) is 0.810. The van der Waals surface area contributed by atoms with Crippen molar-refractivity contribution in [3.8, 4) is 0 Å². The average Bonchev–Trinajstić information content (AvgIpc) is 2.95. The van der Waals surface area contributed by atoms with Crippen LogP contribution < -0.4 is 0 Å². The molecule has 7 nitrogen and oxygen atoms in total. The van der Waals surface area contributed by atoms with Crippen molar-refractivity contribution in [2.45, 2.75) is 25.8 Å². The van der Waals surface area contributed by atoms with E-state index in [2.05, 4.69) is 5.10 Å². The summed E-state index contributed by atoms with van der Waals surface area (Å²) in [7, 11) is -3.33. The van der Waals surface area contributed by atoms with Gasteiger partial charge in [-0.15, -0.1) is 0 Å². The van der Waals surface area contributed by atoms with E-state index >= 15 is 0 Å². The van der Waals surface area contributed by atoms with Crippen LogP contribution in [-0.2, 0) is 14.9 Å². The molecule has 0 bridgehead atoms. The van der Waals surface area contributed by atoms with Crippen LogP contribution in [0.1, 0.15) is 24.4 Å². The molecule has 118 valence electrons. The Hall–Kier alpha value is -0.960. The van der Waals surface area contributed by atoms with E-state index in [-0.39, 0.29) is 0 Å². The fourth-order valence-corrected chi connectivity index (χ4v) is 4.52. The van der Waals surface area contributed by atoms with Crippen LogP contribution in [0.3, 0.4) is 0 Å². The van der Waals surface area contributed by atoms with E-state index in [0.29, 0.717) is 45.4 Å². The van der Waals surface area contributed by atoms with Crippen LogP contribution in [0.5, 0.6) is 0 Å². The Bertz CT molecular complexity index is 572. The summed E-state index contributed by atoms with van der Waals surface area (Å²) in [5, 5.41) is 4.34. The molecule has 3 rings (SSSR count). The van der Waals surface area contributed by atoms with E-state index in [1.807, 2.05) is 24.0 Å². The second-order valence-corrected chi connectivity index (χ2v) is 7.58. The van der Waals surface area contributed by atoms with E-state index in [0.717, 1.165) is 18.4 Å². The maximum atomic E-state index is 12.6. The summed E-state index contributed by atoms with van der Waals surface area (Å²) < 4.78 is 35.5. The molecule has 0 aromatic carbocycles. The fraction of sp³-hybridized carbons (Fsp3) is 0.769. The molecule has 0 N–H and O–H groups in total. The highest BCUT2D eigenvalue weighted by molar-refractivity contribution is 7.86. The minimum Gasteiger partial charge on any atom is -0.379 e. The van der Waals surface area contributed by atoms with E-state index < -0.39 is 10.2 Å². The van der Waals surface area contributed by atoms with Crippen molar-refractivity contribution in [1.82, 2.24) is 18.4 Å². The van der Waals surface area contributed by atoms with Crippen LogP contribution in [0, 0.1) is 6.92 Å². The van der Waals surface area contributed by atoms with Crippen LogP contribution >= 0.6 is 0 Å². The molecule has 21 heavy (non-hydrogen) atoms. The maximum Gasteiger partial charge on any atom is 0.282 e. The fourth-order valence-electron chi connectivity index (χ4n) is 2.91. The molecule has 0 amide bonds. The van der Waals surface area contributed by atoms with E-state index in [1.54, 1.807) is 4.31 Å². The van der Waals surface area contributed by atoms with Gasteiger partial charge in [0.15, 0.2) is 0 Å². The molecular formula is C13H22N4O3S. The van der Waals surface area contributed by atoms with Gasteiger partial charge in [-0.05, 0) is 25.3 Å². The molecule has 0 atom stereocenters. The number of hydrogen-bond acceptors (Lipinski definition) is 4. The zero-order valence-electron chi connectivity index (χ0n) is 12.3. The first-order chi connectivity index (χ1) is 10.1. The molecule has 2 fully saturated rings. The van der Waals surface area contributed by atoms with Gasteiger partial charge in [-0.2, -0.15) is 22.1 Å². The van der Waals surface area contributed by atoms with Crippen LogP contribution in [-0.4, -0.2) is 66.2 Å². The van der Waals surface area contributed by atoms with Crippen LogP contribution in [0.15, 0.2) is 12.4 Å². The summed E-state index contributed by atoms with van der Waals surface area (Å²) in [4.78, 5) is 0. The number of hydrogen-bond donors (Lipinski definition) is 0. The van der Waals surface area contributed by atoms with Crippen molar-refractivity contribution in [2.75, 3.05) is 39.4 Å². The van der Waals surface area contributed by atoms with Gasteiger partial charge in [0.2, 0.25) is 0 Å². The molecule has 0 spiro atoms. The molecule has 0 radical (unpaired) electrons. The number of aromatic nitrogens is 2. The maximum absolute atomic E-state index is 12.6. The Morgan fingerprint density at radius 3 is 2.33 bits per heavy atom. The number of rotatable bonds is 3. The molecule has 0 saturated carbocycles. The average molecular weight is 314 g/mol. The summed E-state index contributed by atoms with van der Waals surface area (Å²) in [6.07, 6.45) is 5.49. The molecule has 1 aromatic rings. The van der Waals surface area contributed by atoms with Gasteiger partial charge in [0.25, 0.3) is 10.2 Å². The minimum atomic E-state index is -3.33. The number of nitrogens with zero attached hydrogens (tertiary/aromatic N) is 4. The van der Waals surface area contributed by atoms with Crippen molar-refractivity contribution in [3.63, 3.8) is 0 Å². The topological polar surface area (TPSA) is 67.7 Å². The third kappa shape index (κ3) is 3.13. The summed E-state index contributed by atoms with van der Waals surface area (Å²) in [6.45, 7) is 5.03. The Kier molecular flexibility index (Phi) is 4.30. The molecule has 1 aromatic heterocycles. The summed E-state index contributed by atoms with van der Waals surface area (Å²) >= 11 is 0. The zero-order valence-corrected chi connectivity index (χ0v) is 13.1. The van der Waals surface area contributed by atoms with Crippen molar-refractivity contribution in [2.24, 2.45) is 0 Å². The third-order valence-electron chi connectivity index (χ3n) is 4.15. The summed E-state index contributed by atoms with van der Waals surface area (Å²) in [6, 6.07) is 0.301. The number of morpholine rings is 1. The molecule has 2 saturated heterocycles. The van der Waals surface area contributed by atoms with E-state index in [4.69, 9.17) is 4.74 Å². The lowest BCUT2D eigenvalue weighted by atomic mass is 10.1. The Morgan fingerprint density at radius 2 is 1.76 bits per heavy atom. The number of ether oxygens (including phenoxy) is 1. The molecular weight excluding hydrogens is 292 g/mol. The smallest absolute Gasteiger partial charge is 0.282 e. The van der Waals surface area contributed by atoms with E-state index in [9.17, 15) is 8.42 Å². The van der Waals surface area contributed by atoms with Gasteiger partial charge < -0.3 is 4.74 Å². The van der Waals surface area contributed by atoms with Crippen molar-refractivity contribution in [1.29, 1.82) is 0 Å². The highest BCUT2D eigenvalue weighted by Gasteiger charge is 2.34. The van der Waals surface area contributed by atoms with Gasteiger partial charge in [0.1, 0.15) is 0 Å². The molecule has 0 unspecified atom stereocenters. The standard InChI is InChI=1S/C13H22N4O3S/c1-12-10-14-17(11-12)13-2-4-15(5-3-13)21(18,19)16-6-8-20-9-7-16/h10-11,13H,2-9H2,1H3. The van der Waals surface area contributed by atoms with Gasteiger partial charge in [-0.3, -0.25) is 4.68 Å².